The molecule has 1 saturated carbocycles. The standard InChI is InChI=1S/C14H23N3O3S/c1-10-16-17-13(20-10)21-9-5-4-8-14(2,12(18)19-3)15-11-6-7-11/h11,15H,4-9H2,1-3H3. The molecule has 0 radical (unpaired) electrons. The molecule has 2 rings (SSSR count). The highest BCUT2D eigenvalue weighted by Gasteiger charge is 2.38. The summed E-state index contributed by atoms with van der Waals surface area (Å²) < 4.78 is 10.2. The maximum atomic E-state index is 12.0. The van der Waals surface area contributed by atoms with Gasteiger partial charge in [-0.2, -0.15) is 0 Å². The van der Waals surface area contributed by atoms with E-state index in [9.17, 15) is 4.79 Å². The van der Waals surface area contributed by atoms with Crippen molar-refractivity contribution in [1.29, 1.82) is 0 Å². The molecule has 0 saturated heterocycles. The zero-order valence-corrected chi connectivity index (χ0v) is 13.7. The van der Waals surface area contributed by atoms with E-state index in [2.05, 4.69) is 15.5 Å². The fraction of sp³-hybridized carbons (Fsp3) is 0.786. The van der Waals surface area contributed by atoms with Gasteiger partial charge in [0.2, 0.25) is 5.89 Å². The van der Waals surface area contributed by atoms with Crippen LogP contribution in [0.4, 0.5) is 0 Å². The number of nitrogens with one attached hydrogen (secondary N) is 1. The summed E-state index contributed by atoms with van der Waals surface area (Å²) >= 11 is 1.56. The molecule has 21 heavy (non-hydrogen) atoms. The molecule has 1 unspecified atom stereocenters. The number of methoxy groups -OCH3 is 1. The Labute approximate surface area is 129 Å². The van der Waals surface area contributed by atoms with Crippen LogP contribution in [0.3, 0.4) is 0 Å². The van der Waals surface area contributed by atoms with E-state index in [0.29, 0.717) is 17.2 Å². The van der Waals surface area contributed by atoms with Crippen LogP contribution in [0.15, 0.2) is 9.64 Å². The van der Waals surface area contributed by atoms with Crippen molar-refractivity contribution in [2.75, 3.05) is 12.9 Å². The van der Waals surface area contributed by atoms with E-state index in [0.717, 1.165) is 37.9 Å². The summed E-state index contributed by atoms with van der Waals surface area (Å²) in [6, 6.07) is 0.477. The second-order valence-corrected chi connectivity index (χ2v) is 6.68. The van der Waals surface area contributed by atoms with Crippen LogP contribution < -0.4 is 5.32 Å². The van der Waals surface area contributed by atoms with E-state index >= 15 is 0 Å². The van der Waals surface area contributed by atoms with Crippen LogP contribution in [0.1, 0.15) is 44.9 Å². The molecule has 7 heteroatoms. The largest absolute Gasteiger partial charge is 0.468 e. The molecule has 0 aromatic carbocycles. The molecule has 1 aromatic heterocycles. The number of hydrogen-bond acceptors (Lipinski definition) is 7. The SMILES string of the molecule is COC(=O)C(C)(CCCCSc1nnc(C)o1)NC1CC1. The van der Waals surface area contributed by atoms with Crippen molar-refractivity contribution in [1.82, 2.24) is 15.5 Å². The molecule has 1 fully saturated rings. The molecule has 0 amide bonds. The summed E-state index contributed by atoms with van der Waals surface area (Å²) in [4.78, 5) is 12.0. The fourth-order valence-electron chi connectivity index (χ4n) is 2.21. The average Bonchev–Trinajstić information content (AvgIpc) is 3.17. The molecule has 0 spiro atoms. The van der Waals surface area contributed by atoms with Gasteiger partial charge < -0.3 is 9.15 Å². The lowest BCUT2D eigenvalue weighted by Gasteiger charge is -2.28. The monoisotopic (exact) mass is 313 g/mol. The molecule has 1 N–H and O–H groups in total. The molecular weight excluding hydrogens is 290 g/mol. The number of esters is 1. The molecule has 1 atom stereocenters. The third kappa shape index (κ3) is 5.00. The van der Waals surface area contributed by atoms with Crippen LogP contribution in [0, 0.1) is 6.92 Å². The Hall–Kier alpha value is -1.08. The first-order chi connectivity index (χ1) is 10.0. The van der Waals surface area contributed by atoms with Crippen LogP contribution >= 0.6 is 11.8 Å². The van der Waals surface area contributed by atoms with Crippen LogP contribution in [0.25, 0.3) is 0 Å². The van der Waals surface area contributed by atoms with E-state index in [1.54, 1.807) is 18.7 Å². The summed E-state index contributed by atoms with van der Waals surface area (Å²) in [6.07, 6.45) is 5.02. The van der Waals surface area contributed by atoms with Crippen molar-refractivity contribution in [3.63, 3.8) is 0 Å². The number of aromatic nitrogens is 2. The van der Waals surface area contributed by atoms with E-state index < -0.39 is 5.54 Å². The third-order valence-corrected chi connectivity index (χ3v) is 4.44. The number of aryl methyl sites for hydroxylation is 1. The van der Waals surface area contributed by atoms with Crippen molar-refractivity contribution < 1.29 is 13.9 Å². The third-order valence-electron chi connectivity index (χ3n) is 3.54. The maximum Gasteiger partial charge on any atom is 0.325 e. The minimum absolute atomic E-state index is 0.172. The first kappa shape index (κ1) is 16.3. The zero-order valence-electron chi connectivity index (χ0n) is 12.8. The Balaban J connectivity index is 1.70. The van der Waals surface area contributed by atoms with Crippen molar-refractivity contribution in [3.8, 4) is 0 Å². The highest BCUT2D eigenvalue weighted by Crippen LogP contribution is 2.26. The molecular formula is C14H23N3O3S. The average molecular weight is 313 g/mol. The molecule has 0 bridgehead atoms. The molecule has 118 valence electrons. The topological polar surface area (TPSA) is 77.2 Å². The number of unbranched alkanes of at least 4 members (excludes halogenated alkanes) is 1. The first-order valence-electron chi connectivity index (χ1n) is 7.32. The van der Waals surface area contributed by atoms with E-state index in [4.69, 9.17) is 9.15 Å². The molecule has 1 aliphatic carbocycles. The lowest BCUT2D eigenvalue weighted by atomic mass is 9.95. The van der Waals surface area contributed by atoms with Crippen LogP contribution in [-0.4, -0.2) is 40.6 Å². The Morgan fingerprint density at radius 3 is 2.81 bits per heavy atom. The van der Waals surface area contributed by atoms with Crippen molar-refractivity contribution in [2.24, 2.45) is 0 Å². The summed E-state index contributed by atoms with van der Waals surface area (Å²) in [6.45, 7) is 3.72. The van der Waals surface area contributed by atoms with Crippen molar-refractivity contribution in [3.05, 3.63) is 5.89 Å². The van der Waals surface area contributed by atoms with Crippen LogP contribution in [0.5, 0.6) is 0 Å². The van der Waals surface area contributed by atoms with E-state index in [-0.39, 0.29) is 5.97 Å². The summed E-state index contributed by atoms with van der Waals surface area (Å²) in [5, 5.41) is 11.7. The molecule has 1 aliphatic rings. The van der Waals surface area contributed by atoms with Gasteiger partial charge in [0.05, 0.1) is 7.11 Å². The number of ether oxygens (including phenoxy) is 1. The van der Waals surface area contributed by atoms with Gasteiger partial charge in [0, 0.05) is 18.7 Å². The molecule has 0 aliphatic heterocycles. The summed E-state index contributed by atoms with van der Waals surface area (Å²) in [7, 11) is 1.45. The predicted octanol–water partition coefficient (Wildman–Crippen LogP) is 2.32. The smallest absolute Gasteiger partial charge is 0.325 e. The second kappa shape index (κ2) is 7.26. The second-order valence-electron chi connectivity index (χ2n) is 5.63. The normalized spacial score (nSPS) is 17.5. The molecule has 1 heterocycles. The number of nitrogens with zero attached hydrogens (tertiary/aromatic N) is 2. The lowest BCUT2D eigenvalue weighted by Crippen LogP contribution is -2.51. The van der Waals surface area contributed by atoms with Crippen LogP contribution in [-0.2, 0) is 9.53 Å². The van der Waals surface area contributed by atoms with Gasteiger partial charge in [-0.25, -0.2) is 0 Å². The van der Waals surface area contributed by atoms with Gasteiger partial charge in [-0.15, -0.1) is 10.2 Å². The van der Waals surface area contributed by atoms with Gasteiger partial charge in [0.1, 0.15) is 5.54 Å². The highest BCUT2D eigenvalue weighted by molar-refractivity contribution is 7.99. The van der Waals surface area contributed by atoms with Gasteiger partial charge >= 0.3 is 5.97 Å². The Morgan fingerprint density at radius 1 is 1.48 bits per heavy atom. The zero-order chi connectivity index (χ0) is 15.3. The van der Waals surface area contributed by atoms with Gasteiger partial charge in [-0.1, -0.05) is 18.2 Å². The minimum Gasteiger partial charge on any atom is -0.468 e. The van der Waals surface area contributed by atoms with E-state index in [1.165, 1.54) is 7.11 Å². The Kier molecular flexibility index (Phi) is 5.64. The van der Waals surface area contributed by atoms with Gasteiger partial charge in [-0.3, -0.25) is 10.1 Å². The Morgan fingerprint density at radius 2 is 2.24 bits per heavy atom. The van der Waals surface area contributed by atoms with Gasteiger partial charge in [-0.05, 0) is 32.6 Å². The fourth-order valence-corrected chi connectivity index (χ4v) is 3.01. The quantitative estimate of drug-likeness (QED) is 0.426. The Bertz CT molecular complexity index is 476. The molecule has 1 aromatic rings. The van der Waals surface area contributed by atoms with Crippen molar-refractivity contribution >= 4 is 17.7 Å². The lowest BCUT2D eigenvalue weighted by molar-refractivity contribution is -0.148. The number of carbonyl (C=O) groups is 1. The number of hydrogen-bond donors (Lipinski definition) is 1. The van der Waals surface area contributed by atoms with Crippen LogP contribution in [0.2, 0.25) is 0 Å². The number of thioether (sulfide) groups is 1. The van der Waals surface area contributed by atoms with Gasteiger partial charge in [0.25, 0.3) is 5.22 Å². The summed E-state index contributed by atoms with van der Waals surface area (Å²) in [5.41, 5.74) is -0.568. The molecule has 6 nitrogen and oxygen atoms in total. The first-order valence-corrected chi connectivity index (χ1v) is 8.31. The van der Waals surface area contributed by atoms with Gasteiger partial charge in [0.15, 0.2) is 0 Å². The maximum absolute atomic E-state index is 12.0. The van der Waals surface area contributed by atoms with E-state index in [1.807, 2.05) is 6.92 Å². The summed E-state index contributed by atoms with van der Waals surface area (Å²) in [5.74, 6) is 1.32. The number of rotatable bonds is 9. The minimum atomic E-state index is -0.568. The highest BCUT2D eigenvalue weighted by atomic mass is 32.2. The number of carbonyl (C=O) groups excluding carboxylic acids is 1. The predicted molar refractivity (Wildman–Crippen MR) is 80.2 cm³/mol. The van der Waals surface area contributed by atoms with Crippen molar-refractivity contribution in [2.45, 2.75) is 62.8 Å².